The quantitative estimate of drug-likeness (QED) is 0.438. The number of aromatic nitrogens is 2. The highest BCUT2D eigenvalue weighted by Crippen LogP contribution is 2.10. The number of carbonyl (C=O) groups is 1. The lowest BCUT2D eigenvalue weighted by Gasteiger charge is -2.09. The molecular weight excluding hydrogens is 326 g/mol. The number of carboxylic acid groups (broad SMARTS) is 1. The molecule has 2 rings (SSSR count). The van der Waals surface area contributed by atoms with Crippen molar-refractivity contribution in [3.8, 4) is 0 Å². The maximum Gasteiger partial charge on any atom is 0.335 e. The van der Waals surface area contributed by atoms with Crippen molar-refractivity contribution >= 4 is 34.7 Å². The van der Waals surface area contributed by atoms with E-state index in [1.807, 2.05) is 31.5 Å². The summed E-state index contributed by atoms with van der Waals surface area (Å²) in [6.07, 6.45) is 0. The van der Waals surface area contributed by atoms with Gasteiger partial charge in [0, 0.05) is 11.4 Å². The molecule has 0 atom stereocenters. The van der Waals surface area contributed by atoms with Gasteiger partial charge in [0.2, 0.25) is 0 Å². The molecule has 0 saturated carbocycles. The summed E-state index contributed by atoms with van der Waals surface area (Å²) in [5.41, 5.74) is 6.35. The van der Waals surface area contributed by atoms with Crippen LogP contribution in [0, 0.1) is 13.8 Å². The van der Waals surface area contributed by atoms with Gasteiger partial charge < -0.3 is 10.4 Å². The highest BCUT2D eigenvalue weighted by molar-refractivity contribution is 7.80. The molecule has 1 aromatic heterocycles. The molecule has 0 unspecified atom stereocenters. The molecule has 0 fully saturated rings. The number of benzene rings is 1. The third-order valence-electron chi connectivity index (χ3n) is 3.20. The Kier molecular flexibility index (Phi) is 5.64. The van der Waals surface area contributed by atoms with Gasteiger partial charge in [-0.2, -0.15) is 10.2 Å². The second-order valence-electron chi connectivity index (χ2n) is 5.38. The second-order valence-corrected chi connectivity index (χ2v) is 5.79. The lowest BCUT2D eigenvalue weighted by atomic mass is 10.2. The number of thiocarbonyl (C=S) groups is 1. The van der Waals surface area contributed by atoms with E-state index in [1.54, 1.807) is 12.1 Å². The van der Waals surface area contributed by atoms with Crippen molar-refractivity contribution in [1.29, 1.82) is 0 Å². The van der Waals surface area contributed by atoms with Gasteiger partial charge in [-0.15, -0.1) is 0 Å². The van der Waals surface area contributed by atoms with Crippen molar-refractivity contribution in [2.75, 3.05) is 5.32 Å². The fourth-order valence-electron chi connectivity index (χ4n) is 2.12. The normalized spacial score (nSPS) is 11.2. The number of aryl methyl sites for hydroxylation is 2. The standard InChI is InChI=1S/C16H19N5O2S/c1-10-7-12(3)21(20-10)9-11(2)18-19-16(24)17-14-6-4-5-13(8-14)15(22)23/h4-8H,9H2,1-3H3,(H,22,23)(H2,17,19,24)/b18-11+. The van der Waals surface area contributed by atoms with Crippen LogP contribution in [0.5, 0.6) is 0 Å². The number of hydrogen-bond donors (Lipinski definition) is 3. The molecule has 0 aliphatic rings. The van der Waals surface area contributed by atoms with Gasteiger partial charge in [-0.25, -0.2) is 4.79 Å². The van der Waals surface area contributed by atoms with E-state index in [1.165, 1.54) is 12.1 Å². The largest absolute Gasteiger partial charge is 0.478 e. The van der Waals surface area contributed by atoms with Crippen LogP contribution < -0.4 is 10.7 Å². The van der Waals surface area contributed by atoms with E-state index in [-0.39, 0.29) is 10.7 Å². The summed E-state index contributed by atoms with van der Waals surface area (Å²) in [7, 11) is 0. The SMILES string of the molecule is C/C(Cn1nc(C)cc1C)=N\NC(=S)Nc1cccc(C(=O)O)c1. The molecule has 0 spiro atoms. The smallest absolute Gasteiger partial charge is 0.335 e. The first-order valence-electron chi connectivity index (χ1n) is 7.29. The van der Waals surface area contributed by atoms with Crippen LogP contribution in [0.25, 0.3) is 0 Å². The Morgan fingerprint density at radius 3 is 2.75 bits per heavy atom. The Hall–Kier alpha value is -2.74. The maximum absolute atomic E-state index is 11.0. The van der Waals surface area contributed by atoms with Crippen molar-refractivity contribution in [3.05, 3.63) is 47.3 Å². The van der Waals surface area contributed by atoms with Gasteiger partial charge in [-0.05, 0) is 57.3 Å². The molecule has 2 aromatic rings. The minimum absolute atomic E-state index is 0.187. The van der Waals surface area contributed by atoms with Crippen LogP contribution in [-0.4, -0.2) is 31.7 Å². The Morgan fingerprint density at radius 2 is 2.12 bits per heavy atom. The molecule has 0 bridgehead atoms. The van der Waals surface area contributed by atoms with Crippen molar-refractivity contribution in [2.45, 2.75) is 27.3 Å². The van der Waals surface area contributed by atoms with Crippen LogP contribution in [0.15, 0.2) is 35.4 Å². The van der Waals surface area contributed by atoms with Gasteiger partial charge in [0.1, 0.15) is 0 Å². The summed E-state index contributed by atoms with van der Waals surface area (Å²) in [5, 5.41) is 20.7. The Labute approximate surface area is 145 Å². The van der Waals surface area contributed by atoms with Gasteiger partial charge >= 0.3 is 5.97 Å². The summed E-state index contributed by atoms with van der Waals surface area (Å²) in [5.74, 6) is -0.990. The van der Waals surface area contributed by atoms with Crippen LogP contribution in [0.4, 0.5) is 5.69 Å². The zero-order valence-corrected chi connectivity index (χ0v) is 14.5. The number of rotatable bonds is 5. The van der Waals surface area contributed by atoms with Gasteiger partial charge in [0.15, 0.2) is 5.11 Å². The van der Waals surface area contributed by atoms with Crippen LogP contribution >= 0.6 is 12.2 Å². The van der Waals surface area contributed by atoms with Crippen LogP contribution in [0.2, 0.25) is 0 Å². The van der Waals surface area contributed by atoms with E-state index >= 15 is 0 Å². The molecule has 0 amide bonds. The van der Waals surface area contributed by atoms with Crippen molar-refractivity contribution in [3.63, 3.8) is 0 Å². The van der Waals surface area contributed by atoms with Crippen LogP contribution in [0.3, 0.4) is 0 Å². The summed E-state index contributed by atoms with van der Waals surface area (Å²) in [4.78, 5) is 11.0. The minimum atomic E-state index is -0.990. The zero-order chi connectivity index (χ0) is 17.7. The molecule has 24 heavy (non-hydrogen) atoms. The molecule has 1 aromatic carbocycles. The number of hydrogen-bond acceptors (Lipinski definition) is 4. The molecule has 126 valence electrons. The third-order valence-corrected chi connectivity index (χ3v) is 3.39. The average Bonchev–Trinajstić information content (AvgIpc) is 2.83. The zero-order valence-electron chi connectivity index (χ0n) is 13.7. The molecule has 0 radical (unpaired) electrons. The molecule has 0 saturated heterocycles. The molecule has 3 N–H and O–H groups in total. The predicted octanol–water partition coefficient (Wildman–Crippen LogP) is 2.56. The van der Waals surface area contributed by atoms with Gasteiger partial charge in [0.05, 0.1) is 23.5 Å². The van der Waals surface area contributed by atoms with Gasteiger partial charge in [0.25, 0.3) is 0 Å². The third kappa shape index (κ3) is 4.88. The van der Waals surface area contributed by atoms with E-state index < -0.39 is 5.97 Å². The topological polar surface area (TPSA) is 91.5 Å². The molecule has 1 heterocycles. The predicted molar refractivity (Wildman–Crippen MR) is 97.6 cm³/mol. The summed E-state index contributed by atoms with van der Waals surface area (Å²) < 4.78 is 1.86. The molecule has 7 nitrogen and oxygen atoms in total. The van der Waals surface area contributed by atoms with E-state index in [0.717, 1.165) is 17.1 Å². The van der Waals surface area contributed by atoms with E-state index in [4.69, 9.17) is 17.3 Å². The van der Waals surface area contributed by atoms with Crippen molar-refractivity contribution < 1.29 is 9.90 Å². The number of carboxylic acids is 1. The van der Waals surface area contributed by atoms with Gasteiger partial charge in [-0.3, -0.25) is 10.1 Å². The maximum atomic E-state index is 11.0. The molecular formula is C16H19N5O2S. The fourth-order valence-corrected chi connectivity index (χ4v) is 2.29. The highest BCUT2D eigenvalue weighted by atomic mass is 32.1. The van der Waals surface area contributed by atoms with Crippen LogP contribution in [-0.2, 0) is 6.54 Å². The number of anilines is 1. The number of nitrogens with zero attached hydrogens (tertiary/aromatic N) is 3. The first-order chi connectivity index (χ1) is 11.3. The summed E-state index contributed by atoms with van der Waals surface area (Å²) in [6.45, 7) is 6.36. The monoisotopic (exact) mass is 345 g/mol. The van der Waals surface area contributed by atoms with E-state index in [9.17, 15) is 4.79 Å². The molecule has 8 heteroatoms. The highest BCUT2D eigenvalue weighted by Gasteiger charge is 2.05. The fraction of sp³-hybridized carbons (Fsp3) is 0.250. The minimum Gasteiger partial charge on any atom is -0.478 e. The first kappa shape index (κ1) is 17.6. The lowest BCUT2D eigenvalue weighted by molar-refractivity contribution is 0.0697. The molecule has 0 aliphatic carbocycles. The van der Waals surface area contributed by atoms with E-state index in [0.29, 0.717) is 12.2 Å². The Balaban J connectivity index is 1.93. The molecule has 0 aliphatic heterocycles. The van der Waals surface area contributed by atoms with Crippen molar-refractivity contribution in [2.24, 2.45) is 5.10 Å². The van der Waals surface area contributed by atoms with Crippen LogP contribution in [0.1, 0.15) is 28.7 Å². The van der Waals surface area contributed by atoms with Crippen molar-refractivity contribution in [1.82, 2.24) is 15.2 Å². The number of aromatic carboxylic acids is 1. The Bertz CT molecular complexity index is 798. The number of hydrazone groups is 1. The first-order valence-corrected chi connectivity index (χ1v) is 7.70. The second kappa shape index (κ2) is 7.69. The summed E-state index contributed by atoms with van der Waals surface area (Å²) in [6, 6.07) is 8.39. The summed E-state index contributed by atoms with van der Waals surface area (Å²) >= 11 is 5.16. The Morgan fingerprint density at radius 1 is 1.38 bits per heavy atom. The van der Waals surface area contributed by atoms with Gasteiger partial charge in [-0.1, -0.05) is 6.07 Å². The average molecular weight is 345 g/mol. The number of nitrogens with one attached hydrogen (secondary N) is 2. The van der Waals surface area contributed by atoms with E-state index in [2.05, 4.69) is 20.9 Å². The lowest BCUT2D eigenvalue weighted by Crippen LogP contribution is -2.25.